The Morgan fingerprint density at radius 3 is 1.95 bits per heavy atom. The molecule has 0 heterocycles. The lowest BCUT2D eigenvalue weighted by Crippen LogP contribution is -2.56. The maximum atomic E-state index is 12.7. The highest BCUT2D eigenvalue weighted by Crippen LogP contribution is 2.31. The molecule has 0 bridgehead atoms. The quantitative estimate of drug-likeness (QED) is 0.147. The Balaban J connectivity index is 2.00. The fraction of sp³-hybridized carbons (Fsp3) is 0.379. The molecule has 0 spiro atoms. The molecule has 208 valence electrons. The van der Waals surface area contributed by atoms with E-state index >= 15 is 0 Å². The van der Waals surface area contributed by atoms with E-state index in [2.05, 4.69) is 27.8 Å². The highest BCUT2D eigenvalue weighted by Gasteiger charge is 2.39. The molecule has 0 fully saturated rings. The van der Waals surface area contributed by atoms with Crippen LogP contribution < -0.4 is 21.4 Å². The van der Waals surface area contributed by atoms with Gasteiger partial charge in [0.1, 0.15) is 6.04 Å². The fourth-order valence-electron chi connectivity index (χ4n) is 4.32. The van der Waals surface area contributed by atoms with Crippen molar-refractivity contribution in [1.29, 1.82) is 0 Å². The van der Waals surface area contributed by atoms with Crippen LogP contribution in [-0.2, 0) is 9.59 Å². The monoisotopic (exact) mass is 536 g/mol. The molecule has 0 radical (unpaired) electrons. The van der Waals surface area contributed by atoms with Crippen LogP contribution in [0.4, 0.5) is 4.79 Å². The number of hydrogen-bond acceptors (Lipinski definition) is 5. The standard InChI is InChI=1S/C29H36N4O6/c1-19(2)29(20(3)4,32-28(37)38)17-16-25(34)30-18-24(27(36)33-39)31-26(35)23-14-12-22(13-15-23)11-10-21-8-6-5-7-9-21/h5-9,12-15,19-20,24,32,39H,16-18H2,1-4H3,(H,30,34)(H,31,35)(H,33,36)(H,37,38)/t24-/m0/s1. The number of rotatable bonds is 11. The van der Waals surface area contributed by atoms with E-state index < -0.39 is 35.4 Å². The lowest BCUT2D eigenvalue weighted by molar-refractivity contribution is -0.131. The molecule has 0 aliphatic carbocycles. The van der Waals surface area contributed by atoms with Crippen LogP contribution in [0, 0.1) is 23.7 Å². The molecule has 4 amide bonds. The summed E-state index contributed by atoms with van der Waals surface area (Å²) in [6, 6.07) is 14.7. The van der Waals surface area contributed by atoms with Gasteiger partial charge in [0, 0.05) is 35.2 Å². The average molecular weight is 537 g/mol. The third kappa shape index (κ3) is 9.16. The fourth-order valence-corrected chi connectivity index (χ4v) is 4.32. The number of amides is 4. The Hall–Kier alpha value is -4.36. The SMILES string of the molecule is CC(C)C(CCC(=O)NC[C@H](NC(=O)c1ccc(C#Cc2ccccc2)cc1)C(=O)NO)(NC(=O)O)C(C)C. The van der Waals surface area contributed by atoms with Gasteiger partial charge in [0.15, 0.2) is 0 Å². The van der Waals surface area contributed by atoms with Crippen molar-refractivity contribution in [3.05, 3.63) is 71.3 Å². The van der Waals surface area contributed by atoms with E-state index in [4.69, 9.17) is 5.21 Å². The molecule has 2 aromatic carbocycles. The lowest BCUT2D eigenvalue weighted by Gasteiger charge is -2.41. The van der Waals surface area contributed by atoms with Crippen LogP contribution in [-0.4, -0.2) is 52.3 Å². The van der Waals surface area contributed by atoms with E-state index in [-0.39, 0.29) is 36.8 Å². The second kappa shape index (κ2) is 14.5. The van der Waals surface area contributed by atoms with Gasteiger partial charge >= 0.3 is 6.09 Å². The molecule has 2 aromatic rings. The zero-order valence-corrected chi connectivity index (χ0v) is 22.6. The summed E-state index contributed by atoms with van der Waals surface area (Å²) in [6.45, 7) is 7.25. The van der Waals surface area contributed by atoms with Gasteiger partial charge in [-0.05, 0) is 54.7 Å². The molecule has 0 unspecified atom stereocenters. The van der Waals surface area contributed by atoms with Crippen molar-refractivity contribution in [2.24, 2.45) is 11.8 Å². The molecule has 39 heavy (non-hydrogen) atoms. The zero-order chi connectivity index (χ0) is 29.0. The first kappa shape index (κ1) is 30.9. The number of carboxylic acid groups (broad SMARTS) is 1. The Bertz CT molecular complexity index is 1190. The van der Waals surface area contributed by atoms with Crippen LogP contribution in [0.25, 0.3) is 0 Å². The third-order valence-corrected chi connectivity index (χ3v) is 6.67. The lowest BCUT2D eigenvalue weighted by atomic mass is 9.73. The van der Waals surface area contributed by atoms with Gasteiger partial charge in [0.2, 0.25) is 5.91 Å². The van der Waals surface area contributed by atoms with Gasteiger partial charge in [-0.25, -0.2) is 10.3 Å². The van der Waals surface area contributed by atoms with Gasteiger partial charge in [-0.2, -0.15) is 0 Å². The van der Waals surface area contributed by atoms with E-state index in [0.29, 0.717) is 5.56 Å². The van der Waals surface area contributed by atoms with E-state index in [1.165, 1.54) is 5.48 Å². The van der Waals surface area contributed by atoms with Gasteiger partial charge in [-0.15, -0.1) is 0 Å². The van der Waals surface area contributed by atoms with Crippen molar-refractivity contribution < 1.29 is 29.5 Å². The van der Waals surface area contributed by atoms with Crippen LogP contribution in [0.2, 0.25) is 0 Å². The number of benzene rings is 2. The molecule has 10 nitrogen and oxygen atoms in total. The summed E-state index contributed by atoms with van der Waals surface area (Å²) in [5.74, 6) is 3.97. The van der Waals surface area contributed by atoms with Crippen LogP contribution in [0.1, 0.15) is 62.0 Å². The summed E-state index contributed by atoms with van der Waals surface area (Å²) >= 11 is 0. The van der Waals surface area contributed by atoms with Gasteiger partial charge in [0.25, 0.3) is 11.8 Å². The molecule has 0 saturated heterocycles. The third-order valence-electron chi connectivity index (χ3n) is 6.67. The maximum absolute atomic E-state index is 12.7. The molecule has 10 heteroatoms. The predicted molar refractivity (Wildman–Crippen MR) is 146 cm³/mol. The van der Waals surface area contributed by atoms with E-state index in [1.807, 2.05) is 58.0 Å². The van der Waals surface area contributed by atoms with Gasteiger partial charge in [-0.3, -0.25) is 19.6 Å². The topological polar surface area (TPSA) is 157 Å². The summed E-state index contributed by atoms with van der Waals surface area (Å²) in [5, 5.41) is 26.1. The maximum Gasteiger partial charge on any atom is 0.405 e. The average Bonchev–Trinajstić information content (AvgIpc) is 2.91. The summed E-state index contributed by atoms with van der Waals surface area (Å²) in [7, 11) is 0. The highest BCUT2D eigenvalue weighted by molar-refractivity contribution is 5.97. The van der Waals surface area contributed by atoms with Gasteiger partial charge in [-0.1, -0.05) is 57.7 Å². The largest absolute Gasteiger partial charge is 0.465 e. The van der Waals surface area contributed by atoms with E-state index in [9.17, 15) is 24.3 Å². The number of hydroxylamine groups is 1. The minimum Gasteiger partial charge on any atom is -0.465 e. The molecule has 6 N–H and O–H groups in total. The van der Waals surface area contributed by atoms with Gasteiger partial charge in [0.05, 0.1) is 0 Å². The first-order valence-corrected chi connectivity index (χ1v) is 12.7. The number of hydrogen-bond donors (Lipinski definition) is 6. The Labute approximate surface area is 228 Å². The minimum atomic E-state index is -1.25. The summed E-state index contributed by atoms with van der Waals surface area (Å²) < 4.78 is 0. The van der Waals surface area contributed by atoms with Crippen LogP contribution in [0.3, 0.4) is 0 Å². The van der Waals surface area contributed by atoms with Gasteiger partial charge < -0.3 is 21.1 Å². The highest BCUT2D eigenvalue weighted by atomic mass is 16.5. The van der Waals surface area contributed by atoms with E-state index in [0.717, 1.165) is 5.56 Å². The summed E-state index contributed by atoms with van der Waals surface area (Å²) in [4.78, 5) is 48.9. The Morgan fingerprint density at radius 1 is 0.872 bits per heavy atom. The molecular weight excluding hydrogens is 500 g/mol. The van der Waals surface area contributed by atoms with Crippen molar-refractivity contribution in [1.82, 2.24) is 21.4 Å². The number of carbonyl (C=O) groups excluding carboxylic acids is 3. The molecule has 0 aliphatic heterocycles. The van der Waals surface area contributed by atoms with Crippen LogP contribution in [0.5, 0.6) is 0 Å². The molecule has 0 saturated carbocycles. The first-order chi connectivity index (χ1) is 18.5. The molecule has 1 atom stereocenters. The molecule has 2 rings (SSSR count). The Morgan fingerprint density at radius 2 is 1.44 bits per heavy atom. The van der Waals surface area contributed by atoms with Crippen molar-refractivity contribution in [2.75, 3.05) is 6.54 Å². The molecular formula is C29H36N4O6. The van der Waals surface area contributed by atoms with Crippen molar-refractivity contribution in [2.45, 2.75) is 52.1 Å². The summed E-state index contributed by atoms with van der Waals surface area (Å²) in [5.41, 5.74) is 2.49. The first-order valence-electron chi connectivity index (χ1n) is 12.7. The predicted octanol–water partition coefficient (Wildman–Crippen LogP) is 2.91. The second-order valence-corrected chi connectivity index (χ2v) is 9.78. The Kier molecular flexibility index (Phi) is 11.5. The second-order valence-electron chi connectivity index (χ2n) is 9.78. The summed E-state index contributed by atoms with van der Waals surface area (Å²) in [6.07, 6.45) is -0.941. The zero-order valence-electron chi connectivity index (χ0n) is 22.6. The van der Waals surface area contributed by atoms with Crippen LogP contribution >= 0.6 is 0 Å². The molecule has 0 aliphatic rings. The van der Waals surface area contributed by atoms with Crippen LogP contribution in [0.15, 0.2) is 54.6 Å². The van der Waals surface area contributed by atoms with E-state index in [1.54, 1.807) is 24.3 Å². The number of carbonyl (C=O) groups is 4. The normalized spacial score (nSPS) is 11.7. The minimum absolute atomic E-state index is 0.0104. The van der Waals surface area contributed by atoms with Crippen molar-refractivity contribution in [3.63, 3.8) is 0 Å². The smallest absolute Gasteiger partial charge is 0.405 e. The van der Waals surface area contributed by atoms with Crippen molar-refractivity contribution >= 4 is 23.8 Å². The number of nitrogens with one attached hydrogen (secondary N) is 4. The molecule has 0 aromatic heterocycles. The van der Waals surface area contributed by atoms with Crippen molar-refractivity contribution in [3.8, 4) is 11.8 Å².